The van der Waals surface area contributed by atoms with Crippen molar-refractivity contribution in [1.29, 1.82) is 0 Å². The van der Waals surface area contributed by atoms with Gasteiger partial charge in [0.2, 0.25) is 0 Å². The highest BCUT2D eigenvalue weighted by Gasteiger charge is 2.20. The van der Waals surface area contributed by atoms with Crippen molar-refractivity contribution < 1.29 is 14.6 Å². The van der Waals surface area contributed by atoms with E-state index in [0.717, 1.165) is 6.42 Å². The molecular formula is C12H16N2O3. The smallest absolute Gasteiger partial charge is 0.321 e. The molecule has 0 aromatic heterocycles. The van der Waals surface area contributed by atoms with Crippen LogP contribution in [0.25, 0.3) is 0 Å². The molecule has 92 valence electrons. The van der Waals surface area contributed by atoms with Gasteiger partial charge in [-0.15, -0.1) is 0 Å². The number of urea groups is 1. The molecule has 2 amide bonds. The van der Waals surface area contributed by atoms with Crippen LogP contribution < -0.4 is 10.2 Å². The fourth-order valence-electron chi connectivity index (χ4n) is 1.74. The van der Waals surface area contributed by atoms with E-state index in [0.29, 0.717) is 18.9 Å². The number of nitrogens with one attached hydrogen (secondary N) is 1. The summed E-state index contributed by atoms with van der Waals surface area (Å²) in [4.78, 5) is 13.4. The molecule has 0 radical (unpaired) electrons. The highest BCUT2D eigenvalue weighted by molar-refractivity contribution is 5.91. The maximum atomic E-state index is 11.9. The Morgan fingerprint density at radius 3 is 3.06 bits per heavy atom. The molecule has 5 heteroatoms. The number of rotatable bonds is 2. The summed E-state index contributed by atoms with van der Waals surface area (Å²) in [5.74, 6) is 0.145. The van der Waals surface area contributed by atoms with Gasteiger partial charge in [-0.2, -0.15) is 0 Å². The number of anilines is 1. The third-order valence-electron chi connectivity index (χ3n) is 2.78. The van der Waals surface area contributed by atoms with E-state index in [-0.39, 0.29) is 17.8 Å². The number of phenols is 1. The predicted molar refractivity (Wildman–Crippen MR) is 64.3 cm³/mol. The molecular weight excluding hydrogens is 220 g/mol. The fraction of sp³-hybridized carbons (Fsp3) is 0.417. The van der Waals surface area contributed by atoms with Gasteiger partial charge in [-0.05, 0) is 18.6 Å². The lowest BCUT2D eigenvalue weighted by atomic mass is 10.2. The lowest BCUT2D eigenvalue weighted by molar-refractivity contribution is 0.189. The van der Waals surface area contributed by atoms with E-state index < -0.39 is 0 Å². The van der Waals surface area contributed by atoms with E-state index in [2.05, 4.69) is 5.32 Å². The molecule has 2 N–H and O–H groups in total. The summed E-state index contributed by atoms with van der Waals surface area (Å²) in [6.45, 7) is 1.26. The SMILES string of the molecule is CN(C(=O)NC1CCOC1)c1cccc(O)c1. The van der Waals surface area contributed by atoms with Gasteiger partial charge in [0.15, 0.2) is 0 Å². The van der Waals surface area contributed by atoms with Crippen LogP contribution in [0.2, 0.25) is 0 Å². The Balaban J connectivity index is 1.98. The Morgan fingerprint density at radius 2 is 2.41 bits per heavy atom. The van der Waals surface area contributed by atoms with E-state index in [1.54, 1.807) is 31.3 Å². The van der Waals surface area contributed by atoms with Gasteiger partial charge < -0.3 is 15.2 Å². The second kappa shape index (κ2) is 5.05. The molecule has 1 unspecified atom stereocenters. The van der Waals surface area contributed by atoms with Gasteiger partial charge in [0, 0.05) is 25.4 Å². The van der Waals surface area contributed by atoms with E-state index in [9.17, 15) is 9.90 Å². The quantitative estimate of drug-likeness (QED) is 0.814. The highest BCUT2D eigenvalue weighted by atomic mass is 16.5. The van der Waals surface area contributed by atoms with Crippen LogP contribution in [0, 0.1) is 0 Å². The van der Waals surface area contributed by atoms with Crippen molar-refractivity contribution in [2.24, 2.45) is 0 Å². The van der Waals surface area contributed by atoms with Crippen LogP contribution in [0.4, 0.5) is 10.5 Å². The Hall–Kier alpha value is -1.75. The number of amides is 2. The van der Waals surface area contributed by atoms with Gasteiger partial charge in [0.05, 0.1) is 12.6 Å². The Morgan fingerprint density at radius 1 is 1.59 bits per heavy atom. The Bertz CT molecular complexity index is 402. The number of ether oxygens (including phenoxy) is 1. The number of phenolic OH excluding ortho intramolecular Hbond substituents is 1. The van der Waals surface area contributed by atoms with E-state index in [1.807, 2.05) is 0 Å². The maximum absolute atomic E-state index is 11.9. The van der Waals surface area contributed by atoms with Gasteiger partial charge in [0.1, 0.15) is 5.75 Å². The second-order valence-corrected chi connectivity index (χ2v) is 4.09. The van der Waals surface area contributed by atoms with Crippen molar-refractivity contribution in [1.82, 2.24) is 5.32 Å². The minimum Gasteiger partial charge on any atom is -0.508 e. The van der Waals surface area contributed by atoms with Gasteiger partial charge in [-0.25, -0.2) is 4.79 Å². The molecule has 5 nitrogen and oxygen atoms in total. The van der Waals surface area contributed by atoms with Gasteiger partial charge in [0.25, 0.3) is 0 Å². The average molecular weight is 236 g/mol. The van der Waals surface area contributed by atoms with Crippen LogP contribution in [0.3, 0.4) is 0 Å². The van der Waals surface area contributed by atoms with Crippen LogP contribution >= 0.6 is 0 Å². The molecule has 1 aliphatic heterocycles. The summed E-state index contributed by atoms with van der Waals surface area (Å²) in [5, 5.41) is 12.2. The largest absolute Gasteiger partial charge is 0.508 e. The van der Waals surface area contributed by atoms with Crippen molar-refractivity contribution >= 4 is 11.7 Å². The molecule has 1 heterocycles. The molecule has 17 heavy (non-hydrogen) atoms. The number of carbonyl (C=O) groups is 1. The average Bonchev–Trinajstić information content (AvgIpc) is 2.80. The van der Waals surface area contributed by atoms with E-state index >= 15 is 0 Å². The predicted octanol–water partition coefficient (Wildman–Crippen LogP) is 1.33. The third-order valence-corrected chi connectivity index (χ3v) is 2.78. The van der Waals surface area contributed by atoms with Crippen molar-refractivity contribution in [3.05, 3.63) is 24.3 Å². The van der Waals surface area contributed by atoms with Crippen LogP contribution in [0.15, 0.2) is 24.3 Å². The molecule has 2 rings (SSSR count). The van der Waals surface area contributed by atoms with E-state index in [4.69, 9.17) is 4.74 Å². The van der Waals surface area contributed by atoms with Crippen LogP contribution in [-0.2, 0) is 4.74 Å². The number of hydrogen-bond acceptors (Lipinski definition) is 3. The first-order valence-electron chi connectivity index (χ1n) is 5.58. The molecule has 1 saturated heterocycles. The molecule has 1 aromatic carbocycles. The topological polar surface area (TPSA) is 61.8 Å². The Kier molecular flexibility index (Phi) is 3.49. The minimum absolute atomic E-state index is 0.0854. The lowest BCUT2D eigenvalue weighted by Gasteiger charge is -2.20. The summed E-state index contributed by atoms with van der Waals surface area (Å²) in [5.41, 5.74) is 0.654. The molecule has 0 spiro atoms. The number of carbonyl (C=O) groups excluding carboxylic acids is 1. The second-order valence-electron chi connectivity index (χ2n) is 4.09. The van der Waals surface area contributed by atoms with Crippen molar-refractivity contribution in [3.63, 3.8) is 0 Å². The number of aromatic hydroxyl groups is 1. The fourth-order valence-corrected chi connectivity index (χ4v) is 1.74. The summed E-state index contributed by atoms with van der Waals surface area (Å²) in [7, 11) is 1.67. The summed E-state index contributed by atoms with van der Waals surface area (Å²) >= 11 is 0. The summed E-state index contributed by atoms with van der Waals surface area (Å²) < 4.78 is 5.19. The lowest BCUT2D eigenvalue weighted by Crippen LogP contribution is -2.43. The van der Waals surface area contributed by atoms with Crippen molar-refractivity contribution in [3.8, 4) is 5.75 Å². The number of benzene rings is 1. The van der Waals surface area contributed by atoms with Crippen LogP contribution in [0.5, 0.6) is 5.75 Å². The zero-order chi connectivity index (χ0) is 12.3. The van der Waals surface area contributed by atoms with Gasteiger partial charge in [-0.1, -0.05) is 6.07 Å². The molecule has 1 aromatic rings. The third kappa shape index (κ3) is 2.88. The van der Waals surface area contributed by atoms with Crippen molar-refractivity contribution in [2.45, 2.75) is 12.5 Å². The first-order chi connectivity index (χ1) is 8.16. The first kappa shape index (κ1) is 11.7. The zero-order valence-corrected chi connectivity index (χ0v) is 9.72. The maximum Gasteiger partial charge on any atom is 0.321 e. The molecule has 1 fully saturated rings. The summed E-state index contributed by atoms with van der Waals surface area (Å²) in [6.07, 6.45) is 0.847. The standard InChI is InChI=1S/C12H16N2O3/c1-14(10-3-2-4-11(15)7-10)12(16)13-9-5-6-17-8-9/h2-4,7,9,15H,5-6,8H2,1H3,(H,13,16). The monoisotopic (exact) mass is 236 g/mol. The number of hydrogen-bond donors (Lipinski definition) is 2. The molecule has 0 aliphatic carbocycles. The minimum atomic E-state index is -0.189. The van der Waals surface area contributed by atoms with Gasteiger partial charge >= 0.3 is 6.03 Å². The first-order valence-corrected chi connectivity index (χ1v) is 5.58. The molecule has 1 atom stereocenters. The summed E-state index contributed by atoms with van der Waals surface area (Å²) in [6, 6.07) is 6.48. The van der Waals surface area contributed by atoms with Crippen LogP contribution in [-0.4, -0.2) is 37.4 Å². The van der Waals surface area contributed by atoms with Crippen molar-refractivity contribution in [2.75, 3.05) is 25.2 Å². The van der Waals surface area contributed by atoms with E-state index in [1.165, 1.54) is 4.90 Å². The highest BCUT2D eigenvalue weighted by Crippen LogP contribution is 2.19. The number of nitrogens with zero attached hydrogens (tertiary/aromatic N) is 1. The van der Waals surface area contributed by atoms with Crippen LogP contribution in [0.1, 0.15) is 6.42 Å². The Labute approximate surface area is 100.0 Å². The zero-order valence-electron chi connectivity index (χ0n) is 9.72. The molecule has 0 saturated carbocycles. The molecule has 0 bridgehead atoms. The van der Waals surface area contributed by atoms with Gasteiger partial charge in [-0.3, -0.25) is 4.90 Å². The molecule has 1 aliphatic rings. The normalized spacial score (nSPS) is 19.0.